The van der Waals surface area contributed by atoms with Gasteiger partial charge in [-0.3, -0.25) is 4.79 Å². The fourth-order valence-electron chi connectivity index (χ4n) is 3.56. The van der Waals surface area contributed by atoms with Crippen LogP contribution >= 0.6 is 0 Å². The molecule has 1 aliphatic heterocycles. The molecule has 1 fully saturated rings. The molecule has 0 saturated heterocycles. The van der Waals surface area contributed by atoms with Crippen LogP contribution in [0.15, 0.2) is 18.2 Å². The van der Waals surface area contributed by atoms with Gasteiger partial charge in [0.25, 0.3) is 0 Å². The van der Waals surface area contributed by atoms with Gasteiger partial charge in [0, 0.05) is 20.1 Å². The average molecular weight is 301 g/mol. The molecule has 2 aliphatic rings. The summed E-state index contributed by atoms with van der Waals surface area (Å²) >= 11 is 0. The van der Waals surface area contributed by atoms with E-state index in [1.165, 1.54) is 12.1 Å². The maximum absolute atomic E-state index is 13.7. The molecule has 5 heteroatoms. The van der Waals surface area contributed by atoms with E-state index in [1.54, 1.807) is 11.0 Å². The molecule has 0 atom stereocenters. The summed E-state index contributed by atoms with van der Waals surface area (Å²) in [5.74, 6) is -0.515. The molecule has 1 amide bonds. The third-order valence-corrected chi connectivity index (χ3v) is 4.84. The van der Waals surface area contributed by atoms with E-state index >= 15 is 0 Å². The quantitative estimate of drug-likeness (QED) is 0.801. The van der Waals surface area contributed by atoms with Crippen LogP contribution in [0.25, 0.3) is 0 Å². The van der Waals surface area contributed by atoms with Crippen molar-refractivity contribution in [1.82, 2.24) is 0 Å². The van der Waals surface area contributed by atoms with E-state index in [1.807, 2.05) is 11.9 Å². The summed E-state index contributed by atoms with van der Waals surface area (Å²) in [5.41, 5.74) is 0.511. The van der Waals surface area contributed by atoms with Crippen molar-refractivity contribution in [3.05, 3.63) is 24.0 Å². The second kappa shape index (κ2) is 5.60. The van der Waals surface area contributed by atoms with E-state index in [-0.39, 0.29) is 11.7 Å². The molecule has 22 heavy (non-hydrogen) atoms. The first kappa shape index (κ1) is 14.8. The monoisotopic (exact) mass is 301 g/mol. The van der Waals surface area contributed by atoms with Crippen LogP contribution in [0.3, 0.4) is 0 Å². The number of carbonyl (C=O) groups is 1. The fourth-order valence-corrected chi connectivity index (χ4v) is 3.56. The minimum Gasteiger partial charge on any atom is -0.373 e. The highest BCUT2D eigenvalue weighted by Crippen LogP contribution is 2.42. The standard InChI is InChI=1S/C17H20FN3O/c1-20-9-4-10-21(15-11-13(18)5-6-14(15)20)16(22)17(12-19)7-2-3-8-17/h5-6,11H,2-4,7-10H2,1H3. The van der Waals surface area contributed by atoms with Gasteiger partial charge in [0.1, 0.15) is 11.2 Å². The van der Waals surface area contributed by atoms with Crippen molar-refractivity contribution >= 4 is 17.3 Å². The molecule has 4 nitrogen and oxygen atoms in total. The van der Waals surface area contributed by atoms with Gasteiger partial charge in [-0.05, 0) is 37.5 Å². The smallest absolute Gasteiger partial charge is 0.247 e. The molecule has 1 saturated carbocycles. The molecule has 0 radical (unpaired) electrons. The Balaban J connectivity index is 2.04. The van der Waals surface area contributed by atoms with Gasteiger partial charge in [-0.1, -0.05) is 12.8 Å². The lowest BCUT2D eigenvalue weighted by atomic mass is 9.86. The van der Waals surface area contributed by atoms with Crippen LogP contribution in [0.1, 0.15) is 32.1 Å². The summed E-state index contributed by atoms with van der Waals surface area (Å²) in [4.78, 5) is 16.7. The second-order valence-corrected chi connectivity index (χ2v) is 6.27. The minimum atomic E-state index is -0.924. The number of hydrogen-bond donors (Lipinski definition) is 0. The van der Waals surface area contributed by atoms with Crippen LogP contribution < -0.4 is 9.80 Å². The first-order valence-electron chi connectivity index (χ1n) is 7.81. The summed E-state index contributed by atoms with van der Waals surface area (Å²) in [7, 11) is 1.94. The van der Waals surface area contributed by atoms with E-state index in [9.17, 15) is 14.4 Å². The van der Waals surface area contributed by atoms with Crippen LogP contribution in [0.4, 0.5) is 15.8 Å². The number of nitrogens with zero attached hydrogens (tertiary/aromatic N) is 3. The lowest BCUT2D eigenvalue weighted by molar-refractivity contribution is -0.125. The van der Waals surface area contributed by atoms with Gasteiger partial charge in [-0.2, -0.15) is 5.26 Å². The van der Waals surface area contributed by atoms with Gasteiger partial charge in [-0.15, -0.1) is 0 Å². The van der Waals surface area contributed by atoms with Gasteiger partial charge in [0.2, 0.25) is 5.91 Å². The normalized spacial score (nSPS) is 20.2. The van der Waals surface area contributed by atoms with E-state index in [0.717, 1.165) is 31.5 Å². The lowest BCUT2D eigenvalue weighted by Gasteiger charge is -2.30. The molecule has 0 spiro atoms. The molecule has 1 aromatic rings. The van der Waals surface area contributed by atoms with Gasteiger partial charge < -0.3 is 9.80 Å². The van der Waals surface area contributed by atoms with Gasteiger partial charge >= 0.3 is 0 Å². The van der Waals surface area contributed by atoms with Crippen LogP contribution in [0, 0.1) is 22.6 Å². The Hall–Kier alpha value is -2.09. The van der Waals surface area contributed by atoms with E-state index < -0.39 is 5.41 Å². The van der Waals surface area contributed by atoms with Crippen molar-refractivity contribution in [2.75, 3.05) is 29.9 Å². The third kappa shape index (κ3) is 2.33. The number of fused-ring (bicyclic) bond motifs is 1. The Morgan fingerprint density at radius 2 is 1.95 bits per heavy atom. The first-order valence-corrected chi connectivity index (χ1v) is 7.81. The molecule has 3 rings (SSSR count). The molecule has 0 aromatic heterocycles. The van der Waals surface area contributed by atoms with Crippen molar-refractivity contribution in [2.24, 2.45) is 5.41 Å². The second-order valence-electron chi connectivity index (χ2n) is 6.27. The Labute approximate surface area is 130 Å². The van der Waals surface area contributed by atoms with Crippen molar-refractivity contribution in [1.29, 1.82) is 5.26 Å². The topological polar surface area (TPSA) is 47.3 Å². The molecular formula is C17H20FN3O. The summed E-state index contributed by atoms with van der Waals surface area (Å²) in [6.07, 6.45) is 3.84. The highest BCUT2D eigenvalue weighted by molar-refractivity contribution is 6.02. The van der Waals surface area contributed by atoms with Crippen molar-refractivity contribution in [3.63, 3.8) is 0 Å². The minimum absolute atomic E-state index is 0.158. The first-order chi connectivity index (χ1) is 10.6. The maximum Gasteiger partial charge on any atom is 0.247 e. The predicted octanol–water partition coefficient (Wildman–Crippen LogP) is 3.08. The van der Waals surface area contributed by atoms with E-state index in [4.69, 9.17) is 0 Å². The van der Waals surface area contributed by atoms with Crippen molar-refractivity contribution in [2.45, 2.75) is 32.1 Å². The van der Waals surface area contributed by atoms with E-state index in [0.29, 0.717) is 25.1 Å². The summed E-state index contributed by atoms with van der Waals surface area (Å²) in [6.45, 7) is 1.34. The van der Waals surface area contributed by atoms with Crippen LogP contribution in [-0.4, -0.2) is 26.0 Å². The molecule has 0 unspecified atom stereocenters. The number of carbonyl (C=O) groups excluding carboxylic acids is 1. The number of anilines is 2. The molecule has 1 aromatic carbocycles. The zero-order valence-corrected chi connectivity index (χ0v) is 12.8. The Morgan fingerprint density at radius 3 is 2.64 bits per heavy atom. The van der Waals surface area contributed by atoms with Crippen LogP contribution in [0.2, 0.25) is 0 Å². The number of benzene rings is 1. The number of hydrogen-bond acceptors (Lipinski definition) is 3. The number of rotatable bonds is 1. The van der Waals surface area contributed by atoms with Crippen molar-refractivity contribution < 1.29 is 9.18 Å². The van der Waals surface area contributed by atoms with Crippen LogP contribution in [0.5, 0.6) is 0 Å². The molecule has 0 N–H and O–H groups in total. The Kier molecular flexibility index (Phi) is 3.78. The number of amides is 1. The van der Waals surface area contributed by atoms with Gasteiger partial charge in [-0.25, -0.2) is 4.39 Å². The number of halogens is 1. The molecular weight excluding hydrogens is 281 g/mol. The Morgan fingerprint density at radius 1 is 1.23 bits per heavy atom. The fraction of sp³-hybridized carbons (Fsp3) is 0.529. The number of nitriles is 1. The van der Waals surface area contributed by atoms with Gasteiger partial charge in [0.15, 0.2) is 0 Å². The maximum atomic E-state index is 13.7. The van der Waals surface area contributed by atoms with E-state index in [2.05, 4.69) is 6.07 Å². The zero-order valence-electron chi connectivity index (χ0n) is 12.8. The van der Waals surface area contributed by atoms with Gasteiger partial charge in [0.05, 0.1) is 17.4 Å². The summed E-state index contributed by atoms with van der Waals surface area (Å²) in [6, 6.07) is 6.79. The predicted molar refractivity (Wildman–Crippen MR) is 83.2 cm³/mol. The largest absolute Gasteiger partial charge is 0.373 e. The zero-order chi connectivity index (χ0) is 15.7. The molecule has 1 heterocycles. The summed E-state index contributed by atoms with van der Waals surface area (Å²) in [5, 5.41) is 9.56. The SMILES string of the molecule is CN1CCCN(C(=O)C2(C#N)CCCC2)c2cc(F)ccc21. The lowest BCUT2D eigenvalue weighted by Crippen LogP contribution is -2.42. The summed E-state index contributed by atoms with van der Waals surface area (Å²) < 4.78 is 13.7. The highest BCUT2D eigenvalue weighted by Gasteiger charge is 2.45. The molecule has 116 valence electrons. The van der Waals surface area contributed by atoms with Crippen LogP contribution in [-0.2, 0) is 4.79 Å². The molecule has 1 aliphatic carbocycles. The average Bonchev–Trinajstić information content (AvgIpc) is 2.95. The third-order valence-electron chi connectivity index (χ3n) is 4.84. The van der Waals surface area contributed by atoms with Crippen molar-refractivity contribution in [3.8, 4) is 6.07 Å². The Bertz CT molecular complexity index is 631. The molecule has 0 bridgehead atoms. The highest BCUT2D eigenvalue weighted by atomic mass is 19.1.